The molecule has 0 atom stereocenters. The van der Waals surface area contributed by atoms with Gasteiger partial charge in [0.05, 0.1) is 0 Å². The van der Waals surface area contributed by atoms with Gasteiger partial charge in [-0.05, 0) is 18.8 Å². The molecule has 0 amide bonds. The SMILES string of the molecule is F[B-](F)(F)CCCOCC1CC1.[K+]. The number of hydrogen-bond donors (Lipinski definition) is 0. The molecule has 0 spiro atoms. The third-order valence-electron chi connectivity index (χ3n) is 1.87. The van der Waals surface area contributed by atoms with Crippen LogP contribution in [-0.2, 0) is 4.74 Å². The van der Waals surface area contributed by atoms with Crippen LogP contribution in [0.5, 0.6) is 0 Å². The van der Waals surface area contributed by atoms with Crippen molar-refractivity contribution in [2.24, 2.45) is 5.92 Å². The summed E-state index contributed by atoms with van der Waals surface area (Å²) in [6, 6.07) is 0. The van der Waals surface area contributed by atoms with Crippen LogP contribution in [0.2, 0.25) is 6.32 Å². The van der Waals surface area contributed by atoms with Gasteiger partial charge in [0.15, 0.2) is 0 Å². The van der Waals surface area contributed by atoms with Crippen LogP contribution in [-0.4, -0.2) is 20.2 Å². The largest absolute Gasteiger partial charge is 1.00 e. The minimum Gasteiger partial charge on any atom is -0.449 e. The van der Waals surface area contributed by atoms with Gasteiger partial charge in [-0.1, -0.05) is 12.7 Å². The summed E-state index contributed by atoms with van der Waals surface area (Å²) in [6.45, 7) is -3.68. The molecule has 0 unspecified atom stereocenters. The summed E-state index contributed by atoms with van der Waals surface area (Å²) in [4.78, 5) is 0. The molecule has 1 saturated carbocycles. The van der Waals surface area contributed by atoms with Crippen LogP contribution >= 0.6 is 0 Å². The number of rotatable bonds is 6. The second kappa shape index (κ2) is 6.85. The normalized spacial score (nSPS) is 16.8. The Kier molecular flexibility index (Phi) is 7.61. The van der Waals surface area contributed by atoms with Crippen molar-refractivity contribution in [1.29, 1.82) is 0 Å². The molecule has 1 rings (SSSR count). The maximum absolute atomic E-state index is 11.7. The fourth-order valence-corrected chi connectivity index (χ4v) is 0.951. The predicted octanol–water partition coefficient (Wildman–Crippen LogP) is -0.345. The van der Waals surface area contributed by atoms with Crippen molar-refractivity contribution in [3.05, 3.63) is 0 Å². The van der Waals surface area contributed by atoms with E-state index in [4.69, 9.17) is 4.74 Å². The number of hydrogen-bond acceptors (Lipinski definition) is 1. The van der Waals surface area contributed by atoms with Crippen molar-refractivity contribution in [3.63, 3.8) is 0 Å². The van der Waals surface area contributed by atoms with Gasteiger partial charge in [-0.15, -0.1) is 0 Å². The van der Waals surface area contributed by atoms with Crippen molar-refractivity contribution in [2.45, 2.75) is 25.6 Å². The molecule has 0 radical (unpaired) electrons. The molecule has 1 fully saturated rings. The molecule has 0 bridgehead atoms. The third-order valence-corrected chi connectivity index (χ3v) is 1.87. The first-order valence-corrected chi connectivity index (χ1v) is 4.36. The van der Waals surface area contributed by atoms with Crippen LogP contribution in [0.15, 0.2) is 0 Å². The summed E-state index contributed by atoms with van der Waals surface area (Å²) in [6.07, 6.45) is 1.83. The van der Waals surface area contributed by atoms with Crippen molar-refractivity contribution in [1.82, 2.24) is 0 Å². The molecule has 6 heteroatoms. The second-order valence-electron chi connectivity index (χ2n) is 3.37. The quantitative estimate of drug-likeness (QED) is 0.439. The molecule has 72 valence electrons. The molecular formula is C7H13BF3KO. The molecule has 0 aromatic rings. The van der Waals surface area contributed by atoms with Crippen LogP contribution in [0.25, 0.3) is 0 Å². The predicted molar refractivity (Wildman–Crippen MR) is 42.0 cm³/mol. The van der Waals surface area contributed by atoms with Gasteiger partial charge >= 0.3 is 58.4 Å². The first-order chi connectivity index (χ1) is 5.58. The summed E-state index contributed by atoms with van der Waals surface area (Å²) in [7, 11) is 0. The Morgan fingerprint density at radius 3 is 2.31 bits per heavy atom. The molecule has 1 aliphatic carbocycles. The Labute approximate surface area is 119 Å². The van der Waals surface area contributed by atoms with Gasteiger partial charge in [-0.3, -0.25) is 0 Å². The maximum Gasteiger partial charge on any atom is 1.00 e. The van der Waals surface area contributed by atoms with Gasteiger partial charge in [0, 0.05) is 13.2 Å². The molecular weight excluding hydrogens is 207 g/mol. The first-order valence-electron chi connectivity index (χ1n) is 4.36. The Morgan fingerprint density at radius 2 is 1.85 bits per heavy atom. The monoisotopic (exact) mass is 220 g/mol. The van der Waals surface area contributed by atoms with Crippen molar-refractivity contribution in [2.75, 3.05) is 13.2 Å². The van der Waals surface area contributed by atoms with Gasteiger partial charge in [-0.25, -0.2) is 0 Å². The van der Waals surface area contributed by atoms with Crippen LogP contribution < -0.4 is 51.4 Å². The second-order valence-corrected chi connectivity index (χ2v) is 3.37. The van der Waals surface area contributed by atoms with E-state index in [1.807, 2.05) is 0 Å². The Hall–Kier alpha value is 1.45. The van der Waals surface area contributed by atoms with E-state index >= 15 is 0 Å². The Balaban J connectivity index is 0.00000144. The zero-order valence-electron chi connectivity index (χ0n) is 7.94. The van der Waals surface area contributed by atoms with E-state index in [1.165, 1.54) is 12.8 Å². The summed E-state index contributed by atoms with van der Waals surface area (Å²) in [5.41, 5.74) is 0. The van der Waals surface area contributed by atoms with E-state index in [2.05, 4.69) is 0 Å². The minimum absolute atomic E-state index is 0. The van der Waals surface area contributed by atoms with Crippen molar-refractivity contribution < 1.29 is 69.1 Å². The van der Waals surface area contributed by atoms with Gasteiger partial charge in [-0.2, -0.15) is 0 Å². The fourth-order valence-electron chi connectivity index (χ4n) is 0.951. The van der Waals surface area contributed by atoms with E-state index < -0.39 is 13.3 Å². The maximum atomic E-state index is 11.7. The molecule has 0 aliphatic heterocycles. The van der Waals surface area contributed by atoms with Gasteiger partial charge in [0.25, 0.3) is 0 Å². The minimum atomic E-state index is -4.60. The van der Waals surface area contributed by atoms with E-state index in [0.717, 1.165) is 0 Å². The molecule has 0 N–H and O–H groups in total. The van der Waals surface area contributed by atoms with Crippen LogP contribution in [0.1, 0.15) is 19.3 Å². The summed E-state index contributed by atoms with van der Waals surface area (Å²) in [5, 5.41) is 0. The zero-order valence-corrected chi connectivity index (χ0v) is 11.1. The topological polar surface area (TPSA) is 9.23 Å². The molecule has 13 heavy (non-hydrogen) atoms. The smallest absolute Gasteiger partial charge is 0.449 e. The third kappa shape index (κ3) is 9.75. The zero-order chi connectivity index (χ0) is 9.03. The Morgan fingerprint density at radius 1 is 1.23 bits per heavy atom. The van der Waals surface area contributed by atoms with E-state index in [9.17, 15) is 12.9 Å². The van der Waals surface area contributed by atoms with E-state index in [-0.39, 0.29) is 64.4 Å². The van der Waals surface area contributed by atoms with Crippen LogP contribution in [0, 0.1) is 5.92 Å². The van der Waals surface area contributed by atoms with E-state index in [0.29, 0.717) is 12.5 Å². The fraction of sp³-hybridized carbons (Fsp3) is 1.00. The number of ether oxygens (including phenoxy) is 1. The molecule has 1 aliphatic rings. The van der Waals surface area contributed by atoms with Crippen LogP contribution in [0.4, 0.5) is 12.9 Å². The van der Waals surface area contributed by atoms with E-state index in [1.54, 1.807) is 0 Å². The first kappa shape index (κ1) is 14.5. The summed E-state index contributed by atoms with van der Waals surface area (Å²) >= 11 is 0. The molecule has 1 nitrogen and oxygen atoms in total. The van der Waals surface area contributed by atoms with Gasteiger partial charge < -0.3 is 17.7 Å². The van der Waals surface area contributed by atoms with Gasteiger partial charge in [0.2, 0.25) is 0 Å². The molecule has 0 aromatic carbocycles. The van der Waals surface area contributed by atoms with Crippen molar-refractivity contribution in [3.8, 4) is 0 Å². The van der Waals surface area contributed by atoms with Crippen molar-refractivity contribution >= 4 is 6.98 Å². The van der Waals surface area contributed by atoms with Crippen LogP contribution in [0.3, 0.4) is 0 Å². The standard InChI is InChI=1S/C7H13BF3O.K/c9-8(10,11)4-1-5-12-6-7-2-3-7;/h7H,1-6H2;/q-1;+1. The molecule has 0 aromatic heterocycles. The number of halogens is 3. The van der Waals surface area contributed by atoms with Gasteiger partial charge in [0.1, 0.15) is 0 Å². The average molecular weight is 220 g/mol. The summed E-state index contributed by atoms with van der Waals surface area (Å²) < 4.78 is 40.0. The molecule has 0 heterocycles. The average Bonchev–Trinajstić information content (AvgIpc) is 2.68. The molecule has 0 saturated heterocycles. The Bertz CT molecular complexity index is 138. The summed E-state index contributed by atoms with van der Waals surface area (Å²) in [5.74, 6) is 0.640.